The molecule has 0 radical (unpaired) electrons. The quantitative estimate of drug-likeness (QED) is 0.576. The maximum absolute atomic E-state index is 5.73. The number of hydrogen-bond acceptors (Lipinski definition) is 2. The molecule has 2 heteroatoms. The van der Waals surface area contributed by atoms with E-state index < -0.39 is 0 Å². The number of hydrogen-bond donors (Lipinski definition) is 0. The van der Waals surface area contributed by atoms with Crippen molar-refractivity contribution >= 4 is 6.21 Å². The summed E-state index contributed by atoms with van der Waals surface area (Å²) in [5, 5.41) is 0. The van der Waals surface area contributed by atoms with Gasteiger partial charge in [0.2, 0.25) is 0 Å². The highest BCUT2D eigenvalue weighted by Crippen LogP contribution is 2.30. The van der Waals surface area contributed by atoms with Crippen molar-refractivity contribution in [3.8, 4) is 0 Å². The molecule has 0 aromatic carbocycles. The van der Waals surface area contributed by atoms with Gasteiger partial charge in [-0.2, -0.15) is 0 Å². The van der Waals surface area contributed by atoms with Gasteiger partial charge in [0.05, 0.1) is 6.10 Å². The third-order valence-electron chi connectivity index (χ3n) is 5.41. The van der Waals surface area contributed by atoms with Gasteiger partial charge < -0.3 is 4.74 Å². The largest absolute Gasteiger partial charge is 0.379 e. The van der Waals surface area contributed by atoms with Crippen LogP contribution in [0.5, 0.6) is 0 Å². The minimum atomic E-state index is 0.522. The van der Waals surface area contributed by atoms with Crippen LogP contribution in [0, 0.1) is 11.8 Å². The molecule has 0 heterocycles. The van der Waals surface area contributed by atoms with Crippen molar-refractivity contribution in [1.29, 1.82) is 0 Å². The summed E-state index contributed by atoms with van der Waals surface area (Å²) < 4.78 is 5.73. The zero-order valence-electron chi connectivity index (χ0n) is 14.2. The predicted molar refractivity (Wildman–Crippen MR) is 91.1 cm³/mol. The van der Waals surface area contributed by atoms with E-state index in [9.17, 15) is 0 Å². The van der Waals surface area contributed by atoms with Crippen LogP contribution >= 0.6 is 0 Å². The monoisotopic (exact) mass is 293 g/mol. The van der Waals surface area contributed by atoms with E-state index in [4.69, 9.17) is 9.73 Å². The SMILES string of the molecule is CCCCC1CCC(N=CC2CCC(OCC)CC2)CC1. The predicted octanol–water partition coefficient (Wildman–Crippen LogP) is 5.40. The maximum Gasteiger partial charge on any atom is 0.0575 e. The molecule has 122 valence electrons. The van der Waals surface area contributed by atoms with E-state index in [1.165, 1.54) is 70.6 Å². The lowest BCUT2D eigenvalue weighted by atomic mass is 9.83. The number of aliphatic imine (C=N–C) groups is 1. The van der Waals surface area contributed by atoms with E-state index in [0.29, 0.717) is 12.1 Å². The summed E-state index contributed by atoms with van der Waals surface area (Å²) >= 11 is 0. The maximum atomic E-state index is 5.73. The topological polar surface area (TPSA) is 21.6 Å². The molecule has 0 bridgehead atoms. The number of nitrogens with zero attached hydrogens (tertiary/aromatic N) is 1. The van der Waals surface area contributed by atoms with E-state index in [-0.39, 0.29) is 0 Å². The smallest absolute Gasteiger partial charge is 0.0575 e. The van der Waals surface area contributed by atoms with Crippen LogP contribution in [0.25, 0.3) is 0 Å². The molecule has 0 aliphatic heterocycles. The average Bonchev–Trinajstić information content (AvgIpc) is 2.53. The number of ether oxygens (including phenoxy) is 1. The van der Waals surface area contributed by atoms with Gasteiger partial charge in [-0.1, -0.05) is 26.2 Å². The standard InChI is InChI=1S/C19H35NO/c1-3-5-6-16-7-11-18(12-8-16)20-15-17-9-13-19(14-10-17)21-4-2/h15-19H,3-14H2,1-2H3. The van der Waals surface area contributed by atoms with Crippen molar-refractivity contribution in [2.24, 2.45) is 16.8 Å². The average molecular weight is 293 g/mol. The fourth-order valence-corrected chi connectivity index (χ4v) is 3.96. The second-order valence-corrected chi connectivity index (χ2v) is 7.11. The Morgan fingerprint density at radius 3 is 2.29 bits per heavy atom. The fourth-order valence-electron chi connectivity index (χ4n) is 3.96. The first-order valence-corrected chi connectivity index (χ1v) is 9.46. The molecule has 2 nitrogen and oxygen atoms in total. The molecule has 0 amide bonds. The molecule has 21 heavy (non-hydrogen) atoms. The van der Waals surface area contributed by atoms with Gasteiger partial charge in [0.15, 0.2) is 0 Å². The molecule has 2 fully saturated rings. The van der Waals surface area contributed by atoms with Crippen molar-refractivity contribution in [3.63, 3.8) is 0 Å². The minimum absolute atomic E-state index is 0.522. The minimum Gasteiger partial charge on any atom is -0.379 e. The Bertz CT molecular complexity index is 286. The van der Waals surface area contributed by atoms with Crippen molar-refractivity contribution < 1.29 is 4.74 Å². The van der Waals surface area contributed by atoms with Gasteiger partial charge in [0.25, 0.3) is 0 Å². The number of unbranched alkanes of at least 4 members (excludes halogenated alkanes) is 1. The first-order chi connectivity index (χ1) is 10.3. The molecule has 0 atom stereocenters. The van der Waals surface area contributed by atoms with Gasteiger partial charge in [-0.05, 0) is 70.1 Å². The Morgan fingerprint density at radius 2 is 1.67 bits per heavy atom. The lowest BCUT2D eigenvalue weighted by molar-refractivity contribution is 0.0321. The van der Waals surface area contributed by atoms with Crippen LogP contribution in [-0.2, 0) is 4.74 Å². The molecule has 0 spiro atoms. The molecule has 0 N–H and O–H groups in total. The van der Waals surface area contributed by atoms with Gasteiger partial charge in [-0.3, -0.25) is 4.99 Å². The van der Waals surface area contributed by atoms with Gasteiger partial charge in [-0.15, -0.1) is 0 Å². The Hall–Kier alpha value is -0.370. The zero-order valence-corrected chi connectivity index (χ0v) is 14.2. The third kappa shape index (κ3) is 6.10. The first-order valence-electron chi connectivity index (χ1n) is 9.46. The van der Waals surface area contributed by atoms with Crippen LogP contribution in [-0.4, -0.2) is 25.0 Å². The fraction of sp³-hybridized carbons (Fsp3) is 0.947. The van der Waals surface area contributed by atoms with Crippen LogP contribution in [0.15, 0.2) is 4.99 Å². The van der Waals surface area contributed by atoms with Crippen LogP contribution in [0.3, 0.4) is 0 Å². The Labute approximate surface area is 131 Å². The molecule has 0 aromatic rings. The third-order valence-corrected chi connectivity index (χ3v) is 5.41. The summed E-state index contributed by atoms with van der Waals surface area (Å²) in [6, 6.07) is 0.632. The highest BCUT2D eigenvalue weighted by atomic mass is 16.5. The molecular weight excluding hydrogens is 258 g/mol. The Balaban J connectivity index is 1.62. The van der Waals surface area contributed by atoms with Crippen LogP contribution in [0.1, 0.15) is 84.5 Å². The molecule has 2 rings (SSSR count). The summed E-state index contributed by atoms with van der Waals surface area (Å²) in [6.07, 6.45) is 17.6. The highest BCUT2D eigenvalue weighted by Gasteiger charge is 2.22. The zero-order chi connectivity index (χ0) is 14.9. The van der Waals surface area contributed by atoms with Gasteiger partial charge in [0.1, 0.15) is 0 Å². The molecule has 2 aliphatic carbocycles. The van der Waals surface area contributed by atoms with E-state index in [1.807, 2.05) is 0 Å². The molecule has 2 aliphatic rings. The summed E-state index contributed by atoms with van der Waals surface area (Å²) in [5.74, 6) is 1.72. The summed E-state index contributed by atoms with van der Waals surface area (Å²) in [5.41, 5.74) is 0. The first kappa shape index (κ1) is 17.0. The normalized spacial score (nSPS) is 34.4. The summed E-state index contributed by atoms with van der Waals surface area (Å²) in [4.78, 5) is 4.93. The molecule has 0 aromatic heterocycles. The summed E-state index contributed by atoms with van der Waals surface area (Å²) in [6.45, 7) is 5.27. The van der Waals surface area contributed by atoms with Crippen molar-refractivity contribution in [1.82, 2.24) is 0 Å². The Morgan fingerprint density at radius 1 is 0.952 bits per heavy atom. The van der Waals surface area contributed by atoms with E-state index in [1.54, 1.807) is 0 Å². The van der Waals surface area contributed by atoms with Gasteiger partial charge in [0, 0.05) is 18.9 Å². The van der Waals surface area contributed by atoms with Crippen LogP contribution in [0.4, 0.5) is 0 Å². The molecule has 0 unspecified atom stereocenters. The van der Waals surface area contributed by atoms with Crippen LogP contribution < -0.4 is 0 Å². The van der Waals surface area contributed by atoms with Crippen LogP contribution in [0.2, 0.25) is 0 Å². The van der Waals surface area contributed by atoms with E-state index in [0.717, 1.165) is 18.4 Å². The van der Waals surface area contributed by atoms with E-state index >= 15 is 0 Å². The Kier molecular flexibility index (Phi) is 7.77. The molecule has 2 saturated carbocycles. The molecule has 0 saturated heterocycles. The van der Waals surface area contributed by atoms with Gasteiger partial charge in [-0.25, -0.2) is 0 Å². The summed E-state index contributed by atoms with van der Waals surface area (Å²) in [7, 11) is 0. The lowest BCUT2D eigenvalue weighted by Gasteiger charge is -2.28. The van der Waals surface area contributed by atoms with E-state index in [2.05, 4.69) is 20.1 Å². The van der Waals surface area contributed by atoms with Crippen molar-refractivity contribution in [2.75, 3.05) is 6.61 Å². The second-order valence-electron chi connectivity index (χ2n) is 7.11. The lowest BCUT2D eigenvalue weighted by Crippen LogP contribution is -2.23. The van der Waals surface area contributed by atoms with Crippen molar-refractivity contribution in [3.05, 3.63) is 0 Å². The van der Waals surface area contributed by atoms with Gasteiger partial charge >= 0.3 is 0 Å². The molecular formula is C19H35NO. The second kappa shape index (κ2) is 9.61. The number of rotatable bonds is 7. The van der Waals surface area contributed by atoms with Crippen molar-refractivity contribution in [2.45, 2.75) is 96.6 Å². The highest BCUT2D eigenvalue weighted by molar-refractivity contribution is 5.61.